The van der Waals surface area contributed by atoms with E-state index in [1.165, 1.54) is 19.3 Å². The number of hydrogen-bond donors (Lipinski definition) is 6. The van der Waals surface area contributed by atoms with Gasteiger partial charge in [0, 0.05) is 12.1 Å². The summed E-state index contributed by atoms with van der Waals surface area (Å²) < 4.78 is 0. The molecular weight excluding hydrogens is 340 g/mol. The Balaban J connectivity index is 1.74. The average Bonchev–Trinajstić information content (AvgIpc) is 2.64. The largest absolute Gasteiger partial charge is 0.335 e. The van der Waals surface area contributed by atoms with Gasteiger partial charge in [0.05, 0.1) is 6.17 Å². The Morgan fingerprint density at radius 3 is 2.52 bits per heavy atom. The average molecular weight is 383 g/mol. The molecule has 2 rings (SSSR count). The van der Waals surface area contributed by atoms with E-state index in [0.29, 0.717) is 12.1 Å². The maximum absolute atomic E-state index is 12.5. The molecule has 7 heteroatoms. The van der Waals surface area contributed by atoms with Gasteiger partial charge in [0.2, 0.25) is 0 Å². The van der Waals surface area contributed by atoms with Crippen LogP contribution in [0.5, 0.6) is 0 Å². The summed E-state index contributed by atoms with van der Waals surface area (Å²) >= 11 is 0. The van der Waals surface area contributed by atoms with Crippen LogP contribution in [0.25, 0.3) is 0 Å². The summed E-state index contributed by atoms with van der Waals surface area (Å²) in [5.41, 5.74) is 5.55. The predicted molar refractivity (Wildman–Crippen MR) is 111 cm³/mol. The van der Waals surface area contributed by atoms with Gasteiger partial charge in [-0.15, -0.1) is 0 Å². The first-order chi connectivity index (χ1) is 13.0. The van der Waals surface area contributed by atoms with Gasteiger partial charge in [0.1, 0.15) is 6.29 Å². The highest BCUT2D eigenvalue weighted by Gasteiger charge is 2.30. The monoisotopic (exact) mass is 382 g/mol. The summed E-state index contributed by atoms with van der Waals surface area (Å²) in [4.78, 5) is 12.5. The highest BCUT2D eigenvalue weighted by molar-refractivity contribution is 5.74. The Morgan fingerprint density at radius 1 is 1.04 bits per heavy atom. The molecule has 0 aromatic rings. The fourth-order valence-electron chi connectivity index (χ4n) is 4.65. The number of carbonyl (C=O) groups is 1. The molecule has 0 bridgehead atoms. The van der Waals surface area contributed by atoms with Crippen LogP contribution in [0, 0.1) is 11.8 Å². The minimum atomic E-state index is -0.213. The van der Waals surface area contributed by atoms with Crippen molar-refractivity contribution in [2.45, 2.75) is 96.7 Å². The number of carbonyl (C=O) groups excluding carboxylic acids is 1. The summed E-state index contributed by atoms with van der Waals surface area (Å²) in [7, 11) is 0. The van der Waals surface area contributed by atoms with Crippen LogP contribution >= 0.6 is 0 Å². The van der Waals surface area contributed by atoms with Gasteiger partial charge in [-0.25, -0.2) is 4.79 Å². The van der Waals surface area contributed by atoms with E-state index in [1.54, 1.807) is 0 Å². The molecule has 2 aliphatic rings. The minimum Gasteiger partial charge on any atom is -0.335 e. The van der Waals surface area contributed by atoms with E-state index in [-0.39, 0.29) is 18.5 Å². The molecule has 1 saturated carbocycles. The molecule has 0 aromatic carbocycles. The molecule has 1 aliphatic heterocycles. The number of amides is 2. The molecule has 1 aliphatic carbocycles. The zero-order valence-electron chi connectivity index (χ0n) is 17.5. The van der Waals surface area contributed by atoms with Gasteiger partial charge in [-0.3, -0.25) is 10.6 Å². The Bertz CT molecular complexity index is 435. The number of unbranched alkanes of at least 4 members (excludes halogenated alkanes) is 1. The second kappa shape index (κ2) is 11.8. The molecule has 7 N–H and O–H groups in total. The van der Waals surface area contributed by atoms with Crippen molar-refractivity contribution in [3.05, 3.63) is 0 Å². The molecule has 1 saturated heterocycles. The highest BCUT2D eigenvalue weighted by Crippen LogP contribution is 2.34. The zero-order valence-corrected chi connectivity index (χ0v) is 17.5. The molecule has 0 radical (unpaired) electrons. The van der Waals surface area contributed by atoms with Crippen molar-refractivity contribution in [3.8, 4) is 0 Å². The summed E-state index contributed by atoms with van der Waals surface area (Å²) in [5.74, 6) is 1.56. The standard InChI is InChI=1S/C20H42N6O/c1-4-15-8-9-17(13-16(15)5-2)24-20(27)26-19-23-14(3)12-18(25-19)22-11-7-6-10-21/h14-19,22-23,25H,4-13,21H2,1-3H3,(H2,24,26,27). The first-order valence-electron chi connectivity index (χ1n) is 11.1. The number of urea groups is 1. The first-order valence-corrected chi connectivity index (χ1v) is 11.1. The molecule has 2 amide bonds. The van der Waals surface area contributed by atoms with Crippen molar-refractivity contribution in [2.24, 2.45) is 17.6 Å². The fraction of sp³-hybridized carbons (Fsp3) is 0.950. The Kier molecular flexibility index (Phi) is 9.82. The lowest BCUT2D eigenvalue weighted by molar-refractivity contribution is 0.168. The topological polar surface area (TPSA) is 103 Å². The van der Waals surface area contributed by atoms with E-state index in [4.69, 9.17) is 5.73 Å². The molecule has 158 valence electrons. The SMILES string of the molecule is CCC1CCC(NC(=O)NC2NC(C)CC(NCCCCN)N2)CC1CC. The van der Waals surface area contributed by atoms with Crippen molar-refractivity contribution >= 4 is 6.03 Å². The molecular formula is C20H42N6O. The summed E-state index contributed by atoms with van der Waals surface area (Å²) in [5, 5.41) is 16.6. The third kappa shape index (κ3) is 7.56. The second-order valence-electron chi connectivity index (χ2n) is 8.37. The van der Waals surface area contributed by atoms with Crippen LogP contribution < -0.4 is 32.3 Å². The Labute approximate surface area is 165 Å². The van der Waals surface area contributed by atoms with Crippen molar-refractivity contribution < 1.29 is 4.79 Å². The normalized spacial score (nSPS) is 34.2. The van der Waals surface area contributed by atoms with Crippen LogP contribution in [0.15, 0.2) is 0 Å². The molecule has 6 atom stereocenters. The lowest BCUT2D eigenvalue weighted by Crippen LogP contribution is -2.68. The van der Waals surface area contributed by atoms with Crippen LogP contribution in [0.4, 0.5) is 4.79 Å². The van der Waals surface area contributed by atoms with Crippen molar-refractivity contribution in [3.63, 3.8) is 0 Å². The lowest BCUT2D eigenvalue weighted by atomic mass is 9.74. The van der Waals surface area contributed by atoms with E-state index in [2.05, 4.69) is 47.4 Å². The van der Waals surface area contributed by atoms with E-state index in [1.807, 2.05) is 0 Å². The Morgan fingerprint density at radius 2 is 1.81 bits per heavy atom. The van der Waals surface area contributed by atoms with Crippen LogP contribution in [-0.4, -0.2) is 43.7 Å². The maximum atomic E-state index is 12.5. The Hall–Kier alpha value is -0.890. The number of nitrogens with two attached hydrogens (primary N) is 1. The van der Waals surface area contributed by atoms with Gasteiger partial charge in [-0.05, 0) is 70.4 Å². The fourth-order valence-corrected chi connectivity index (χ4v) is 4.65. The van der Waals surface area contributed by atoms with Crippen molar-refractivity contribution in [1.29, 1.82) is 0 Å². The molecule has 0 aromatic heterocycles. The third-order valence-electron chi connectivity index (χ3n) is 6.23. The van der Waals surface area contributed by atoms with Gasteiger partial charge < -0.3 is 21.7 Å². The van der Waals surface area contributed by atoms with Crippen LogP contribution in [0.1, 0.15) is 72.1 Å². The zero-order chi connectivity index (χ0) is 19.6. The predicted octanol–water partition coefficient (Wildman–Crippen LogP) is 1.80. The third-order valence-corrected chi connectivity index (χ3v) is 6.23. The second-order valence-corrected chi connectivity index (χ2v) is 8.37. The first kappa shape index (κ1) is 22.4. The molecule has 6 unspecified atom stereocenters. The lowest BCUT2D eigenvalue weighted by Gasteiger charge is -2.38. The quantitative estimate of drug-likeness (QED) is 0.341. The van der Waals surface area contributed by atoms with Crippen molar-refractivity contribution in [2.75, 3.05) is 13.1 Å². The number of rotatable bonds is 9. The maximum Gasteiger partial charge on any atom is 0.317 e. The van der Waals surface area contributed by atoms with E-state index >= 15 is 0 Å². The van der Waals surface area contributed by atoms with Gasteiger partial charge >= 0.3 is 6.03 Å². The van der Waals surface area contributed by atoms with Gasteiger partial charge in [0.15, 0.2) is 0 Å². The summed E-state index contributed by atoms with van der Waals surface area (Å²) in [6.45, 7) is 8.39. The number of hydrogen-bond acceptors (Lipinski definition) is 5. The molecule has 27 heavy (non-hydrogen) atoms. The van der Waals surface area contributed by atoms with E-state index in [9.17, 15) is 4.79 Å². The summed E-state index contributed by atoms with van der Waals surface area (Å²) in [6, 6.07) is 0.558. The van der Waals surface area contributed by atoms with Crippen molar-refractivity contribution in [1.82, 2.24) is 26.6 Å². The molecule has 0 spiro atoms. The van der Waals surface area contributed by atoms with Crippen LogP contribution in [0.3, 0.4) is 0 Å². The van der Waals surface area contributed by atoms with Crippen LogP contribution in [0.2, 0.25) is 0 Å². The van der Waals surface area contributed by atoms with Gasteiger partial charge in [-0.2, -0.15) is 0 Å². The summed E-state index contributed by atoms with van der Waals surface area (Å²) in [6.07, 6.45) is 8.98. The highest BCUT2D eigenvalue weighted by atomic mass is 16.2. The van der Waals surface area contributed by atoms with Gasteiger partial charge in [-0.1, -0.05) is 26.7 Å². The van der Waals surface area contributed by atoms with E-state index in [0.717, 1.165) is 57.0 Å². The minimum absolute atomic E-state index is 0.0780. The van der Waals surface area contributed by atoms with E-state index < -0.39 is 0 Å². The number of nitrogens with one attached hydrogen (secondary N) is 5. The molecule has 7 nitrogen and oxygen atoms in total. The molecule has 2 fully saturated rings. The molecule has 1 heterocycles. The van der Waals surface area contributed by atoms with Gasteiger partial charge in [0.25, 0.3) is 0 Å². The van der Waals surface area contributed by atoms with Crippen LogP contribution in [-0.2, 0) is 0 Å². The smallest absolute Gasteiger partial charge is 0.317 e.